The molecule has 0 N–H and O–H groups in total. The molecule has 10 rings (SSSR count). The maximum absolute atomic E-state index is 6.82. The van der Waals surface area contributed by atoms with Gasteiger partial charge in [0.2, 0.25) is 5.89 Å². The Bertz CT molecular complexity index is 2860. The zero-order chi connectivity index (χ0) is 33.7. The van der Waals surface area contributed by atoms with E-state index >= 15 is 0 Å². The van der Waals surface area contributed by atoms with Crippen LogP contribution in [0.3, 0.4) is 0 Å². The Balaban J connectivity index is 1.34. The Morgan fingerprint density at radius 2 is 1.06 bits per heavy atom. The highest BCUT2D eigenvalue weighted by Crippen LogP contribution is 2.49. The minimum absolute atomic E-state index is 0.560. The van der Waals surface area contributed by atoms with E-state index in [1.165, 1.54) is 5.39 Å². The smallest absolute Gasteiger partial charge is 0.227 e. The Kier molecular flexibility index (Phi) is 6.78. The highest BCUT2D eigenvalue weighted by Gasteiger charge is 2.27. The van der Waals surface area contributed by atoms with Crippen LogP contribution in [0.15, 0.2) is 191 Å². The molecule has 8 aromatic carbocycles. The van der Waals surface area contributed by atoms with E-state index in [-0.39, 0.29) is 0 Å². The molecule has 0 aliphatic rings. The number of hydrogen-bond acceptors (Lipinski definition) is 4. The third kappa shape index (κ3) is 4.96. The van der Waals surface area contributed by atoms with Gasteiger partial charge in [-0.05, 0) is 81.6 Å². The number of oxazole rings is 1. The predicted molar refractivity (Wildman–Crippen MR) is 210 cm³/mol. The molecule has 4 heteroatoms. The number of rotatable bonds is 6. The van der Waals surface area contributed by atoms with Gasteiger partial charge in [-0.15, -0.1) is 0 Å². The SMILES string of the molecule is c1ccc(-c2cccc(N(c3cc(-c4ccccc4)c4ccccc4c3)c3c4nc(-c5ccccc5)oc4cc4c3oc3ccccc34)c2)cc1. The van der Waals surface area contributed by atoms with Gasteiger partial charge in [-0.2, -0.15) is 0 Å². The van der Waals surface area contributed by atoms with E-state index < -0.39 is 0 Å². The van der Waals surface area contributed by atoms with Crippen molar-refractivity contribution in [3.05, 3.63) is 182 Å². The minimum atomic E-state index is 0.560. The van der Waals surface area contributed by atoms with Crippen LogP contribution in [0.25, 0.3) is 77.5 Å². The normalized spacial score (nSPS) is 11.5. The van der Waals surface area contributed by atoms with Crippen LogP contribution in [0.5, 0.6) is 0 Å². The molecular formula is C47H30N2O2. The molecule has 2 aromatic heterocycles. The molecule has 2 heterocycles. The van der Waals surface area contributed by atoms with E-state index in [0.717, 1.165) is 77.7 Å². The van der Waals surface area contributed by atoms with Crippen LogP contribution < -0.4 is 4.90 Å². The van der Waals surface area contributed by atoms with Gasteiger partial charge >= 0.3 is 0 Å². The van der Waals surface area contributed by atoms with Gasteiger partial charge in [0.15, 0.2) is 11.2 Å². The Labute approximate surface area is 294 Å². The molecule has 0 amide bonds. The molecule has 0 fully saturated rings. The van der Waals surface area contributed by atoms with Crippen molar-refractivity contribution in [3.8, 4) is 33.7 Å². The largest absolute Gasteiger partial charge is 0.454 e. The molecule has 0 bridgehead atoms. The second-order valence-corrected chi connectivity index (χ2v) is 12.8. The van der Waals surface area contributed by atoms with Gasteiger partial charge in [0.05, 0.1) is 0 Å². The fraction of sp³-hybridized carbons (Fsp3) is 0. The van der Waals surface area contributed by atoms with Crippen molar-refractivity contribution in [1.29, 1.82) is 0 Å². The number of hydrogen-bond donors (Lipinski definition) is 0. The van der Waals surface area contributed by atoms with Crippen LogP contribution >= 0.6 is 0 Å². The van der Waals surface area contributed by atoms with Crippen LogP contribution in [0, 0.1) is 0 Å². The monoisotopic (exact) mass is 654 g/mol. The number of furan rings is 1. The van der Waals surface area contributed by atoms with Crippen LogP contribution in [0.2, 0.25) is 0 Å². The van der Waals surface area contributed by atoms with E-state index in [1.54, 1.807) is 0 Å². The lowest BCUT2D eigenvalue weighted by Crippen LogP contribution is -2.11. The summed E-state index contributed by atoms with van der Waals surface area (Å²) >= 11 is 0. The third-order valence-electron chi connectivity index (χ3n) is 9.65. The molecule has 0 unspecified atom stereocenters. The van der Waals surface area contributed by atoms with Crippen molar-refractivity contribution in [1.82, 2.24) is 4.98 Å². The van der Waals surface area contributed by atoms with Gasteiger partial charge in [0, 0.05) is 27.7 Å². The van der Waals surface area contributed by atoms with E-state index in [9.17, 15) is 0 Å². The molecule has 0 saturated heterocycles. The van der Waals surface area contributed by atoms with Gasteiger partial charge in [0.25, 0.3) is 0 Å². The molecule has 0 aliphatic heterocycles. The summed E-state index contributed by atoms with van der Waals surface area (Å²) in [6, 6.07) is 63.3. The van der Waals surface area contributed by atoms with E-state index in [4.69, 9.17) is 13.8 Å². The third-order valence-corrected chi connectivity index (χ3v) is 9.65. The highest BCUT2D eigenvalue weighted by atomic mass is 16.4. The second-order valence-electron chi connectivity index (χ2n) is 12.8. The average molecular weight is 655 g/mol. The number of fused-ring (bicyclic) bond motifs is 5. The van der Waals surface area contributed by atoms with Gasteiger partial charge in [-0.25, -0.2) is 4.98 Å². The molecule has 0 spiro atoms. The maximum atomic E-state index is 6.82. The summed E-state index contributed by atoms with van der Waals surface area (Å²) in [7, 11) is 0. The van der Waals surface area contributed by atoms with Crippen LogP contribution in [-0.4, -0.2) is 4.98 Å². The van der Waals surface area contributed by atoms with Crippen molar-refractivity contribution in [2.75, 3.05) is 4.90 Å². The average Bonchev–Trinajstić information content (AvgIpc) is 3.80. The zero-order valence-corrected chi connectivity index (χ0v) is 27.5. The molecule has 0 saturated carbocycles. The van der Waals surface area contributed by atoms with Crippen molar-refractivity contribution >= 4 is 60.9 Å². The summed E-state index contributed by atoms with van der Waals surface area (Å²) in [5.74, 6) is 0.560. The lowest BCUT2D eigenvalue weighted by molar-refractivity contribution is 0.620. The summed E-state index contributed by atoms with van der Waals surface area (Å²) in [6.45, 7) is 0. The lowest BCUT2D eigenvalue weighted by Gasteiger charge is -2.27. The second kappa shape index (κ2) is 11.9. The Hall–Kier alpha value is -6.91. The zero-order valence-electron chi connectivity index (χ0n) is 27.5. The predicted octanol–water partition coefficient (Wildman–Crippen LogP) is 13.4. The molecule has 4 nitrogen and oxygen atoms in total. The quantitative estimate of drug-likeness (QED) is 0.179. The Morgan fingerprint density at radius 1 is 0.412 bits per heavy atom. The molecule has 51 heavy (non-hydrogen) atoms. The number of anilines is 3. The first-order chi connectivity index (χ1) is 25.3. The molecular weight excluding hydrogens is 625 g/mol. The molecule has 0 radical (unpaired) electrons. The molecule has 0 atom stereocenters. The number of aromatic nitrogens is 1. The van der Waals surface area contributed by atoms with Gasteiger partial charge in [-0.3, -0.25) is 0 Å². The van der Waals surface area contributed by atoms with Gasteiger partial charge in [-0.1, -0.05) is 133 Å². The standard InChI is InChI=1S/C47H30N2O2/c1-4-15-31(16-5-1)34-22-14-23-36(27-34)49(37-28-35-21-10-11-24-38(35)40(29-37)32-17-6-2-7-18-32)45-44-43(51-47(48-44)33-19-8-3-9-20-33)30-41-39-25-12-13-26-42(39)50-46(41)45/h1-30H. The molecule has 240 valence electrons. The molecule has 10 aromatic rings. The maximum Gasteiger partial charge on any atom is 0.227 e. The van der Waals surface area contributed by atoms with Crippen LogP contribution in [0.4, 0.5) is 17.1 Å². The topological polar surface area (TPSA) is 42.4 Å². The fourth-order valence-corrected chi connectivity index (χ4v) is 7.28. The first-order valence-electron chi connectivity index (χ1n) is 17.1. The van der Waals surface area contributed by atoms with E-state index in [2.05, 4.69) is 132 Å². The van der Waals surface area contributed by atoms with Gasteiger partial charge in [0.1, 0.15) is 16.8 Å². The summed E-state index contributed by atoms with van der Waals surface area (Å²) in [5.41, 5.74) is 11.2. The van der Waals surface area contributed by atoms with Crippen molar-refractivity contribution in [2.24, 2.45) is 0 Å². The molecule has 0 aliphatic carbocycles. The van der Waals surface area contributed by atoms with Crippen molar-refractivity contribution in [2.45, 2.75) is 0 Å². The van der Waals surface area contributed by atoms with Crippen molar-refractivity contribution < 1.29 is 8.83 Å². The summed E-state index contributed by atoms with van der Waals surface area (Å²) in [4.78, 5) is 7.53. The Morgan fingerprint density at radius 3 is 1.84 bits per heavy atom. The summed E-state index contributed by atoms with van der Waals surface area (Å²) in [6.07, 6.45) is 0. The highest BCUT2D eigenvalue weighted by molar-refractivity contribution is 6.18. The first-order valence-corrected chi connectivity index (χ1v) is 17.1. The minimum Gasteiger partial charge on any atom is -0.454 e. The lowest BCUT2D eigenvalue weighted by atomic mass is 9.96. The number of benzene rings is 8. The summed E-state index contributed by atoms with van der Waals surface area (Å²) < 4.78 is 13.4. The number of nitrogens with zero attached hydrogens (tertiary/aromatic N) is 2. The fourth-order valence-electron chi connectivity index (χ4n) is 7.28. The van der Waals surface area contributed by atoms with E-state index in [0.29, 0.717) is 11.5 Å². The first kappa shape index (κ1) is 29.0. The van der Waals surface area contributed by atoms with Gasteiger partial charge < -0.3 is 13.7 Å². The van der Waals surface area contributed by atoms with Crippen LogP contribution in [-0.2, 0) is 0 Å². The number of para-hydroxylation sites is 1. The van der Waals surface area contributed by atoms with Crippen LogP contribution in [0.1, 0.15) is 0 Å². The van der Waals surface area contributed by atoms with E-state index in [1.807, 2.05) is 54.6 Å². The summed E-state index contributed by atoms with van der Waals surface area (Å²) in [5, 5.41) is 4.31. The van der Waals surface area contributed by atoms with Crippen molar-refractivity contribution in [3.63, 3.8) is 0 Å².